The van der Waals surface area contributed by atoms with Crippen molar-refractivity contribution in [1.82, 2.24) is 4.98 Å². The lowest BCUT2D eigenvalue weighted by Gasteiger charge is -2.41. The van der Waals surface area contributed by atoms with E-state index in [0.29, 0.717) is 11.8 Å². The van der Waals surface area contributed by atoms with Crippen molar-refractivity contribution < 1.29 is 14.7 Å². The Kier molecular flexibility index (Phi) is 6.14. The number of nitrogens with zero attached hydrogens (tertiary/aromatic N) is 1. The molecule has 2 fully saturated rings. The van der Waals surface area contributed by atoms with E-state index < -0.39 is 6.10 Å². The number of hydrogen-bond donors (Lipinski definition) is 2. The Balaban J connectivity index is 1.39. The highest BCUT2D eigenvalue weighted by Gasteiger charge is 2.72. The van der Waals surface area contributed by atoms with Crippen LogP contribution in [0, 0.1) is 17.3 Å². The number of quaternary nitrogens is 1. The molecule has 6 unspecified atom stereocenters. The molecule has 0 spiro atoms. The second-order valence-corrected chi connectivity index (χ2v) is 11.7. The van der Waals surface area contributed by atoms with Crippen LogP contribution in [0.1, 0.15) is 37.0 Å². The first-order valence-corrected chi connectivity index (χ1v) is 14.6. The summed E-state index contributed by atoms with van der Waals surface area (Å²) in [6.07, 6.45) is 5.64. The highest BCUT2D eigenvalue weighted by atomic mass is 16.5. The second kappa shape index (κ2) is 9.72. The van der Waals surface area contributed by atoms with E-state index in [1.165, 1.54) is 32.0 Å². The number of likely N-dealkylation sites (tertiary alicyclic amines) is 1. The van der Waals surface area contributed by atoms with Gasteiger partial charge in [-0.2, -0.15) is 0 Å². The minimum atomic E-state index is -0.661. The number of hydrogen-bond acceptors (Lipinski definition) is 3. The Morgan fingerprint density at radius 3 is 2.42 bits per heavy atom. The molecule has 2 aliphatic rings. The summed E-state index contributed by atoms with van der Waals surface area (Å²) in [4.78, 5) is 6.04. The van der Waals surface area contributed by atoms with Gasteiger partial charge in [0.15, 0.2) is 0 Å². The number of ether oxygens (including phenoxy) is 1. The standard InChI is InChI=1S/C36H36N2O2/c1-4-31-32-17-19-38(22-30-26-12-8-6-10-23(26)20-24-11-7-9-13-27(24)30)35(36(31,32)5-2)34(39)28-16-18-37-33-15-14-25(40-3)21-29(28)33/h5-16,18,20-21,31-32,34-35,39H,2,4,17,19,22H2,1,3H3/p+1. The molecule has 1 aliphatic carbocycles. The molecule has 202 valence electrons. The zero-order chi connectivity index (χ0) is 27.4. The van der Waals surface area contributed by atoms with E-state index in [1.54, 1.807) is 7.11 Å². The van der Waals surface area contributed by atoms with Crippen LogP contribution < -0.4 is 9.64 Å². The van der Waals surface area contributed by atoms with Crippen molar-refractivity contribution >= 4 is 32.4 Å². The van der Waals surface area contributed by atoms with Gasteiger partial charge in [0.25, 0.3) is 0 Å². The first-order chi connectivity index (χ1) is 19.6. The number of aromatic nitrogens is 1. The molecular weight excluding hydrogens is 492 g/mol. The van der Waals surface area contributed by atoms with E-state index >= 15 is 0 Å². The van der Waals surface area contributed by atoms with Crippen LogP contribution >= 0.6 is 0 Å². The fourth-order valence-electron chi connectivity index (χ4n) is 8.35. The monoisotopic (exact) mass is 529 g/mol. The molecule has 2 N–H and O–H groups in total. The maximum atomic E-state index is 12.5. The molecule has 1 aromatic heterocycles. The zero-order valence-corrected chi connectivity index (χ0v) is 23.3. The van der Waals surface area contributed by atoms with Gasteiger partial charge in [-0.3, -0.25) is 4.98 Å². The number of piperidine rings is 1. The highest BCUT2D eigenvalue weighted by molar-refractivity contribution is 6.02. The normalized spacial score (nSPS) is 26.5. The van der Waals surface area contributed by atoms with Gasteiger partial charge in [-0.05, 0) is 69.3 Å². The van der Waals surface area contributed by atoms with Crippen LogP contribution in [0.2, 0.25) is 0 Å². The number of rotatable bonds is 7. The Labute approximate surface area is 235 Å². The van der Waals surface area contributed by atoms with Crippen LogP contribution in [-0.4, -0.2) is 29.8 Å². The van der Waals surface area contributed by atoms with Crippen LogP contribution in [0.3, 0.4) is 0 Å². The smallest absolute Gasteiger partial charge is 0.132 e. The van der Waals surface area contributed by atoms with Crippen molar-refractivity contribution in [1.29, 1.82) is 0 Å². The lowest BCUT2D eigenvalue weighted by atomic mass is 9.80. The number of aliphatic hydroxyl groups is 1. The summed E-state index contributed by atoms with van der Waals surface area (Å²) >= 11 is 0. The van der Waals surface area contributed by atoms with Crippen molar-refractivity contribution in [2.24, 2.45) is 17.3 Å². The van der Waals surface area contributed by atoms with E-state index in [1.807, 2.05) is 30.5 Å². The average molecular weight is 530 g/mol. The Morgan fingerprint density at radius 2 is 1.75 bits per heavy atom. The van der Waals surface area contributed by atoms with Crippen molar-refractivity contribution in [2.75, 3.05) is 13.7 Å². The summed E-state index contributed by atoms with van der Waals surface area (Å²) in [7, 11) is 1.68. The van der Waals surface area contributed by atoms with Crippen LogP contribution in [0.15, 0.2) is 97.7 Å². The number of pyridine rings is 1. The van der Waals surface area contributed by atoms with Crippen LogP contribution in [0.5, 0.6) is 5.75 Å². The number of aliphatic hydroxyl groups excluding tert-OH is 1. The van der Waals surface area contributed by atoms with Gasteiger partial charge in [0.2, 0.25) is 0 Å². The molecule has 5 aromatic rings. The minimum absolute atomic E-state index is 0.0109. The van der Waals surface area contributed by atoms with E-state index in [9.17, 15) is 5.11 Å². The molecule has 4 nitrogen and oxygen atoms in total. The van der Waals surface area contributed by atoms with Gasteiger partial charge in [-0.25, -0.2) is 0 Å². The first-order valence-electron chi connectivity index (χ1n) is 14.6. The van der Waals surface area contributed by atoms with E-state index in [-0.39, 0.29) is 11.5 Å². The molecule has 1 saturated carbocycles. The molecule has 6 atom stereocenters. The third-order valence-electron chi connectivity index (χ3n) is 10.1. The van der Waals surface area contributed by atoms with Gasteiger partial charge in [-0.15, -0.1) is 6.58 Å². The maximum Gasteiger partial charge on any atom is 0.132 e. The molecule has 0 amide bonds. The summed E-state index contributed by atoms with van der Waals surface area (Å²) in [5.41, 5.74) is 3.09. The van der Waals surface area contributed by atoms with Gasteiger partial charge in [0.1, 0.15) is 24.4 Å². The van der Waals surface area contributed by atoms with Crippen molar-refractivity contribution in [3.8, 4) is 5.75 Å². The molecule has 1 saturated heterocycles. The van der Waals surface area contributed by atoms with Crippen molar-refractivity contribution in [3.05, 3.63) is 109 Å². The molecule has 1 aliphatic heterocycles. The largest absolute Gasteiger partial charge is 0.497 e. The third kappa shape index (κ3) is 3.70. The Hall–Kier alpha value is -3.73. The van der Waals surface area contributed by atoms with Crippen LogP contribution in [0.25, 0.3) is 32.4 Å². The van der Waals surface area contributed by atoms with Gasteiger partial charge >= 0.3 is 0 Å². The quantitative estimate of drug-likeness (QED) is 0.193. The fraction of sp³-hybridized carbons (Fsp3) is 0.306. The van der Waals surface area contributed by atoms with Gasteiger partial charge in [0.05, 0.1) is 19.2 Å². The highest BCUT2D eigenvalue weighted by Crippen LogP contribution is 2.67. The van der Waals surface area contributed by atoms with E-state index in [2.05, 4.69) is 79.2 Å². The summed E-state index contributed by atoms with van der Waals surface area (Å²) in [6.45, 7) is 8.58. The third-order valence-corrected chi connectivity index (χ3v) is 10.1. The lowest BCUT2D eigenvalue weighted by molar-refractivity contribution is -0.952. The van der Waals surface area contributed by atoms with Crippen molar-refractivity contribution in [3.63, 3.8) is 0 Å². The predicted molar refractivity (Wildman–Crippen MR) is 163 cm³/mol. The topological polar surface area (TPSA) is 46.8 Å². The summed E-state index contributed by atoms with van der Waals surface area (Å²) in [5, 5.41) is 18.6. The second-order valence-electron chi connectivity index (χ2n) is 11.7. The molecule has 4 heteroatoms. The maximum absolute atomic E-state index is 12.5. The Bertz CT molecular complexity index is 1690. The predicted octanol–water partition coefficient (Wildman–Crippen LogP) is 6.27. The van der Waals surface area contributed by atoms with E-state index in [0.717, 1.165) is 48.1 Å². The van der Waals surface area contributed by atoms with Crippen molar-refractivity contribution in [2.45, 2.75) is 38.5 Å². The number of fused-ring (bicyclic) bond motifs is 4. The average Bonchev–Trinajstić information content (AvgIpc) is 3.67. The summed E-state index contributed by atoms with van der Waals surface area (Å²) < 4.78 is 5.56. The Morgan fingerprint density at radius 1 is 1.02 bits per heavy atom. The molecule has 4 aromatic carbocycles. The summed E-state index contributed by atoms with van der Waals surface area (Å²) in [6, 6.07) is 27.7. The zero-order valence-electron chi connectivity index (χ0n) is 23.3. The van der Waals surface area contributed by atoms with Crippen LogP contribution in [0.4, 0.5) is 0 Å². The molecule has 40 heavy (non-hydrogen) atoms. The fourth-order valence-corrected chi connectivity index (χ4v) is 8.35. The number of methoxy groups -OCH3 is 1. The lowest BCUT2D eigenvalue weighted by Crippen LogP contribution is -3.17. The van der Waals surface area contributed by atoms with Gasteiger partial charge < -0.3 is 14.7 Å². The minimum Gasteiger partial charge on any atom is -0.497 e. The van der Waals surface area contributed by atoms with Gasteiger partial charge in [0, 0.05) is 29.0 Å². The number of benzene rings is 4. The molecule has 7 rings (SSSR count). The molecule has 0 bridgehead atoms. The molecular formula is C36H37N2O2+. The SMILES string of the molecule is C=CC12C(CC)C1CC[NH+](Cc1c3ccccc3cc3ccccc13)C2C(O)c1ccnc2ccc(OC)cc12. The molecule has 0 radical (unpaired) electrons. The first kappa shape index (κ1) is 25.3. The van der Waals surface area contributed by atoms with E-state index in [4.69, 9.17) is 4.74 Å². The molecule has 2 heterocycles. The number of nitrogens with one attached hydrogen (secondary N) is 1. The van der Waals surface area contributed by atoms with Gasteiger partial charge in [-0.1, -0.05) is 68.0 Å². The van der Waals surface area contributed by atoms with Crippen LogP contribution in [-0.2, 0) is 6.54 Å². The summed E-state index contributed by atoms with van der Waals surface area (Å²) in [5.74, 6) is 1.90.